The van der Waals surface area contributed by atoms with Gasteiger partial charge in [0.25, 0.3) is 0 Å². The molecule has 0 amide bonds. The minimum absolute atomic E-state index is 0.190. The fourth-order valence-corrected chi connectivity index (χ4v) is 12.5. The largest absolute Gasteiger partial charge is 0.475 e. The molecule has 1 aromatic heterocycles. The Morgan fingerprint density at radius 1 is 1.00 bits per heavy atom. The molecule has 42 heavy (non-hydrogen) atoms. The summed E-state index contributed by atoms with van der Waals surface area (Å²) in [6.45, 7) is 12.6. The highest BCUT2D eigenvalue weighted by Gasteiger charge is 2.65. The van der Waals surface area contributed by atoms with Crippen LogP contribution in [0.2, 0.25) is 0 Å². The molecule has 1 saturated heterocycles. The van der Waals surface area contributed by atoms with Crippen LogP contribution in [0.4, 0.5) is 0 Å². The first-order chi connectivity index (χ1) is 20.0. The summed E-state index contributed by atoms with van der Waals surface area (Å²) in [5.41, 5.74) is 1.34. The van der Waals surface area contributed by atoms with Gasteiger partial charge in [-0.05, 0) is 127 Å². The van der Waals surface area contributed by atoms with Crippen molar-refractivity contribution in [1.29, 1.82) is 0 Å². The van der Waals surface area contributed by atoms with Crippen molar-refractivity contribution >= 4 is 7.82 Å². The molecule has 2 N–H and O–H groups in total. The third kappa shape index (κ3) is 5.36. The molecule has 5 aliphatic rings. The Hall–Kier alpha value is -0.820. The molecule has 1 aromatic rings. The summed E-state index contributed by atoms with van der Waals surface area (Å²) in [6.07, 6.45) is 11.7. The predicted octanol–water partition coefficient (Wildman–Crippen LogP) is 7.58. The Kier molecular flexibility index (Phi) is 8.79. The van der Waals surface area contributed by atoms with Crippen LogP contribution in [0.5, 0.6) is 0 Å². The molecular formula is C34H54NO6P. The van der Waals surface area contributed by atoms with Crippen LogP contribution >= 0.6 is 7.82 Å². The van der Waals surface area contributed by atoms with E-state index in [-0.39, 0.29) is 35.1 Å². The molecule has 5 fully saturated rings. The number of nitrogens with zero attached hydrogens (tertiary/aromatic N) is 1. The maximum Gasteiger partial charge on any atom is 0.475 e. The van der Waals surface area contributed by atoms with Gasteiger partial charge in [-0.25, -0.2) is 4.57 Å². The SMILES string of the molecule is CC(C)[C@@H]1C2C[C@H](O)CC[C@]2(C)C2CC[C@@]3(C)C(CC[C@@H]3[C@H](C)CCOP3(=O)OCC[C@@H](c4ccncc4)O3)C2[C@H]1O. The van der Waals surface area contributed by atoms with E-state index < -0.39 is 7.82 Å². The second-order valence-electron chi connectivity index (χ2n) is 15.4. The lowest BCUT2D eigenvalue weighted by Gasteiger charge is -2.65. The molecule has 4 aliphatic carbocycles. The van der Waals surface area contributed by atoms with Crippen LogP contribution in [-0.4, -0.2) is 40.6 Å². The van der Waals surface area contributed by atoms with Crippen LogP contribution in [0.3, 0.4) is 0 Å². The molecule has 0 bridgehead atoms. The zero-order chi connectivity index (χ0) is 29.9. The molecule has 2 heterocycles. The fraction of sp³-hybridized carbons (Fsp3) is 0.853. The summed E-state index contributed by atoms with van der Waals surface area (Å²) in [5.74, 6) is 3.42. The summed E-state index contributed by atoms with van der Waals surface area (Å²) < 4.78 is 30.6. The van der Waals surface area contributed by atoms with Crippen molar-refractivity contribution in [3.8, 4) is 0 Å². The average Bonchev–Trinajstić information content (AvgIpc) is 3.31. The first-order valence-corrected chi connectivity index (χ1v) is 18.3. The third-order valence-electron chi connectivity index (χ3n) is 13.1. The minimum Gasteiger partial charge on any atom is -0.393 e. The maximum absolute atomic E-state index is 13.3. The second-order valence-corrected chi connectivity index (χ2v) is 17.0. The van der Waals surface area contributed by atoms with Crippen LogP contribution in [0.25, 0.3) is 0 Å². The average molecular weight is 604 g/mol. The van der Waals surface area contributed by atoms with E-state index in [9.17, 15) is 14.8 Å². The van der Waals surface area contributed by atoms with Crippen molar-refractivity contribution in [3.63, 3.8) is 0 Å². The Bertz CT molecular complexity index is 1130. The Balaban J connectivity index is 1.12. The second kappa shape index (κ2) is 11.8. The minimum atomic E-state index is -3.61. The molecule has 0 aromatic carbocycles. The molecule has 5 unspecified atom stereocenters. The lowest BCUT2D eigenvalue weighted by molar-refractivity contribution is -0.211. The van der Waals surface area contributed by atoms with E-state index in [0.29, 0.717) is 61.1 Å². The molecule has 1 aliphatic heterocycles. The summed E-state index contributed by atoms with van der Waals surface area (Å²) in [7, 11) is -3.61. The molecule has 4 saturated carbocycles. The number of aliphatic hydroxyl groups excluding tert-OH is 2. The number of phosphoric acid groups is 1. The van der Waals surface area contributed by atoms with Crippen LogP contribution < -0.4 is 0 Å². The van der Waals surface area contributed by atoms with Crippen LogP contribution in [-0.2, 0) is 18.1 Å². The van der Waals surface area contributed by atoms with E-state index in [1.165, 1.54) is 25.7 Å². The summed E-state index contributed by atoms with van der Waals surface area (Å²) in [5, 5.41) is 22.8. The first kappa shape index (κ1) is 31.2. The lowest BCUT2D eigenvalue weighted by Crippen LogP contribution is -2.63. The molecule has 7 nitrogen and oxygen atoms in total. The van der Waals surface area contributed by atoms with Gasteiger partial charge < -0.3 is 10.2 Å². The topological polar surface area (TPSA) is 98.1 Å². The van der Waals surface area contributed by atoms with Crippen molar-refractivity contribution < 1.29 is 28.3 Å². The van der Waals surface area contributed by atoms with Crippen LogP contribution in [0.1, 0.15) is 104 Å². The van der Waals surface area contributed by atoms with Gasteiger partial charge >= 0.3 is 7.82 Å². The Labute approximate surface area is 253 Å². The van der Waals surface area contributed by atoms with Crippen LogP contribution in [0.15, 0.2) is 24.5 Å². The molecule has 236 valence electrons. The van der Waals surface area contributed by atoms with Crippen molar-refractivity contribution in [2.24, 2.45) is 58.2 Å². The summed E-state index contributed by atoms with van der Waals surface area (Å²) in [6, 6.07) is 3.78. The molecule has 0 spiro atoms. The Morgan fingerprint density at radius 3 is 2.45 bits per heavy atom. The predicted molar refractivity (Wildman–Crippen MR) is 162 cm³/mol. The third-order valence-corrected chi connectivity index (χ3v) is 14.6. The van der Waals surface area contributed by atoms with E-state index in [2.05, 4.69) is 39.6 Å². The molecule has 0 radical (unpaired) electrons. The van der Waals surface area contributed by atoms with Gasteiger partial charge in [0.2, 0.25) is 0 Å². The zero-order valence-corrected chi connectivity index (χ0v) is 27.3. The fourth-order valence-electron chi connectivity index (χ4n) is 11.1. The number of pyridine rings is 1. The van der Waals surface area contributed by atoms with E-state index in [4.69, 9.17) is 13.6 Å². The van der Waals surface area contributed by atoms with Gasteiger partial charge in [-0.1, -0.05) is 34.6 Å². The van der Waals surface area contributed by atoms with Crippen molar-refractivity contribution in [3.05, 3.63) is 30.1 Å². The standard InChI is InChI=1S/C34H54NO6P/c1-21(2)30-28-20-24(36)8-14-34(28,5)27-9-15-33(4)25(6-7-26(33)31(27)32(30)37)22(3)12-18-39-42(38)40-19-13-29(41-42)23-10-16-35-17-11-23/h10-11,16-17,21-22,24-32,36-37H,6-9,12-15,18-20H2,1-5H3/t22-,24-,25-,26?,27?,28?,29+,30-,31?,32+,33-,34-,42?/m1/s1. The van der Waals surface area contributed by atoms with Gasteiger partial charge in [0, 0.05) is 18.8 Å². The quantitative estimate of drug-likeness (QED) is 0.310. The van der Waals surface area contributed by atoms with E-state index in [1.807, 2.05) is 12.1 Å². The number of hydrogen-bond donors (Lipinski definition) is 2. The molecule has 6 rings (SSSR count). The summed E-state index contributed by atoms with van der Waals surface area (Å²) in [4.78, 5) is 4.07. The first-order valence-electron chi connectivity index (χ1n) is 16.8. The van der Waals surface area contributed by atoms with Gasteiger partial charge in [0.15, 0.2) is 0 Å². The number of rotatable bonds is 7. The maximum atomic E-state index is 13.3. The molecular weight excluding hydrogens is 549 g/mol. The van der Waals surface area contributed by atoms with E-state index in [1.54, 1.807) is 12.4 Å². The monoisotopic (exact) mass is 603 g/mol. The van der Waals surface area contributed by atoms with E-state index >= 15 is 0 Å². The van der Waals surface area contributed by atoms with Crippen molar-refractivity contribution in [2.75, 3.05) is 13.2 Å². The molecule has 8 heteroatoms. The number of aromatic nitrogens is 1. The number of phosphoric ester groups is 1. The van der Waals surface area contributed by atoms with Gasteiger partial charge in [0.1, 0.15) is 0 Å². The van der Waals surface area contributed by atoms with Crippen LogP contribution in [0, 0.1) is 58.2 Å². The lowest BCUT2D eigenvalue weighted by atomic mass is 9.40. The smallest absolute Gasteiger partial charge is 0.393 e. The summed E-state index contributed by atoms with van der Waals surface area (Å²) >= 11 is 0. The van der Waals surface area contributed by atoms with E-state index in [0.717, 1.165) is 31.2 Å². The Morgan fingerprint density at radius 2 is 1.71 bits per heavy atom. The van der Waals surface area contributed by atoms with Crippen molar-refractivity contribution in [1.82, 2.24) is 4.98 Å². The number of hydrogen-bond acceptors (Lipinski definition) is 7. The highest BCUT2D eigenvalue weighted by molar-refractivity contribution is 7.48. The van der Waals surface area contributed by atoms with Gasteiger partial charge in [-0.15, -0.1) is 0 Å². The highest BCUT2D eigenvalue weighted by atomic mass is 31.2. The zero-order valence-electron chi connectivity index (χ0n) is 26.4. The van der Waals surface area contributed by atoms with Gasteiger partial charge in [-0.2, -0.15) is 0 Å². The van der Waals surface area contributed by atoms with Gasteiger partial charge in [0.05, 0.1) is 31.5 Å². The normalized spacial score (nSPS) is 47.9. The highest BCUT2D eigenvalue weighted by Crippen LogP contribution is 2.70. The number of fused-ring (bicyclic) bond motifs is 5. The molecule has 13 atom stereocenters. The van der Waals surface area contributed by atoms with Gasteiger partial charge in [-0.3, -0.25) is 18.6 Å². The number of aliphatic hydroxyl groups is 2. The van der Waals surface area contributed by atoms with Crippen molar-refractivity contribution in [2.45, 2.75) is 111 Å².